The molecule has 1 N–H and O–H groups in total. The van der Waals surface area contributed by atoms with Crippen LogP contribution in [0, 0.1) is 0 Å². The number of benzene rings is 2. The van der Waals surface area contributed by atoms with Crippen LogP contribution in [0.15, 0.2) is 54.6 Å². The molecule has 0 saturated carbocycles. The highest BCUT2D eigenvalue weighted by molar-refractivity contribution is 5.81. The van der Waals surface area contributed by atoms with E-state index in [1.54, 1.807) is 11.9 Å². The number of nitrogens with zero attached hydrogens (tertiary/aromatic N) is 3. The van der Waals surface area contributed by atoms with E-state index in [0.717, 1.165) is 16.6 Å². The van der Waals surface area contributed by atoms with Crippen LogP contribution in [0.25, 0.3) is 11.0 Å². The number of hydrogen-bond acceptors (Lipinski definition) is 3. The zero-order valence-electron chi connectivity index (χ0n) is 16.6. The summed E-state index contributed by atoms with van der Waals surface area (Å²) in [5.41, 5.74) is 2.78. The Hall–Kier alpha value is -3.15. The highest BCUT2D eigenvalue weighted by Gasteiger charge is 2.20. The van der Waals surface area contributed by atoms with Crippen LogP contribution in [0.5, 0.6) is 0 Å². The number of amides is 2. The number of imidazole rings is 1. The third kappa shape index (κ3) is 4.39. The zero-order chi connectivity index (χ0) is 20.1. The second-order valence-electron chi connectivity index (χ2n) is 6.92. The predicted octanol–water partition coefficient (Wildman–Crippen LogP) is 3.28. The first-order valence-electron chi connectivity index (χ1n) is 9.52. The maximum absolute atomic E-state index is 12.9. The van der Waals surface area contributed by atoms with Crippen molar-refractivity contribution in [3.8, 4) is 0 Å². The summed E-state index contributed by atoms with van der Waals surface area (Å²) in [6, 6.07) is 17.3. The van der Waals surface area contributed by atoms with Crippen LogP contribution in [-0.2, 0) is 22.7 Å². The van der Waals surface area contributed by atoms with Crippen LogP contribution >= 0.6 is 0 Å². The third-order valence-electron chi connectivity index (χ3n) is 4.75. The molecule has 3 rings (SSSR count). The Bertz CT molecular complexity index is 965. The zero-order valence-corrected chi connectivity index (χ0v) is 16.6. The lowest BCUT2D eigenvalue weighted by molar-refractivity contribution is -0.131. The molecule has 0 fully saturated rings. The minimum Gasteiger partial charge on any atom is -0.346 e. The Kier molecular flexibility index (Phi) is 6.09. The summed E-state index contributed by atoms with van der Waals surface area (Å²) in [6.45, 7) is 4.42. The van der Waals surface area contributed by atoms with Gasteiger partial charge in [0.15, 0.2) is 0 Å². The average molecular weight is 378 g/mol. The number of carbonyl (C=O) groups excluding carboxylic acids is 2. The fourth-order valence-electron chi connectivity index (χ4n) is 3.20. The van der Waals surface area contributed by atoms with E-state index in [1.807, 2.05) is 73.0 Å². The SMILES string of the molecule is CCC(=O)NC(C)c1nc2ccccc2n1CC(=O)N(C)Cc1ccccc1. The van der Waals surface area contributed by atoms with Gasteiger partial charge in [-0.15, -0.1) is 0 Å². The molecule has 1 atom stereocenters. The van der Waals surface area contributed by atoms with Gasteiger partial charge in [0, 0.05) is 20.0 Å². The molecule has 2 aromatic carbocycles. The molecule has 1 heterocycles. The van der Waals surface area contributed by atoms with Gasteiger partial charge in [0.1, 0.15) is 12.4 Å². The van der Waals surface area contributed by atoms with Crippen LogP contribution in [-0.4, -0.2) is 33.3 Å². The molecule has 28 heavy (non-hydrogen) atoms. The number of para-hydroxylation sites is 2. The standard InChI is InChI=1S/C22H26N4O2/c1-4-20(27)23-16(2)22-24-18-12-8-9-13-19(18)26(22)15-21(28)25(3)14-17-10-6-5-7-11-17/h5-13,16H,4,14-15H2,1-3H3,(H,23,27). The van der Waals surface area contributed by atoms with Crippen molar-refractivity contribution in [1.82, 2.24) is 19.8 Å². The lowest BCUT2D eigenvalue weighted by Crippen LogP contribution is -2.32. The Morgan fingerprint density at radius 2 is 1.79 bits per heavy atom. The minimum absolute atomic E-state index is 0.0118. The summed E-state index contributed by atoms with van der Waals surface area (Å²) in [7, 11) is 1.80. The second-order valence-corrected chi connectivity index (χ2v) is 6.92. The Morgan fingerprint density at radius 3 is 2.50 bits per heavy atom. The number of carbonyl (C=O) groups is 2. The Labute approximate surface area is 165 Å². The molecule has 2 amide bonds. The summed E-state index contributed by atoms with van der Waals surface area (Å²) >= 11 is 0. The second kappa shape index (κ2) is 8.69. The molecule has 6 heteroatoms. The average Bonchev–Trinajstić information content (AvgIpc) is 3.07. The molecule has 1 unspecified atom stereocenters. The monoisotopic (exact) mass is 378 g/mol. The van der Waals surface area contributed by atoms with Crippen LogP contribution in [0.1, 0.15) is 37.7 Å². The fraction of sp³-hybridized carbons (Fsp3) is 0.318. The first-order chi connectivity index (χ1) is 13.5. The van der Waals surface area contributed by atoms with E-state index in [9.17, 15) is 9.59 Å². The van der Waals surface area contributed by atoms with Gasteiger partial charge in [-0.3, -0.25) is 9.59 Å². The van der Waals surface area contributed by atoms with E-state index < -0.39 is 0 Å². The first kappa shape index (κ1) is 19.6. The van der Waals surface area contributed by atoms with Crippen molar-refractivity contribution in [2.24, 2.45) is 0 Å². The molecule has 0 bridgehead atoms. The van der Waals surface area contributed by atoms with Crippen molar-refractivity contribution >= 4 is 22.8 Å². The summed E-state index contributed by atoms with van der Waals surface area (Å²) in [5, 5.41) is 2.94. The number of nitrogens with one attached hydrogen (secondary N) is 1. The maximum Gasteiger partial charge on any atom is 0.242 e. The topological polar surface area (TPSA) is 67.2 Å². The molecule has 0 aliphatic heterocycles. The van der Waals surface area contributed by atoms with Gasteiger partial charge in [0.2, 0.25) is 11.8 Å². The highest BCUT2D eigenvalue weighted by Crippen LogP contribution is 2.21. The van der Waals surface area contributed by atoms with Crippen LogP contribution in [0.4, 0.5) is 0 Å². The number of hydrogen-bond donors (Lipinski definition) is 1. The van der Waals surface area contributed by atoms with E-state index in [4.69, 9.17) is 0 Å². The molecular formula is C22H26N4O2. The third-order valence-corrected chi connectivity index (χ3v) is 4.75. The normalized spacial score (nSPS) is 12.0. The van der Waals surface area contributed by atoms with Crippen molar-refractivity contribution in [3.05, 3.63) is 66.0 Å². The van der Waals surface area contributed by atoms with Gasteiger partial charge < -0.3 is 14.8 Å². The van der Waals surface area contributed by atoms with Crippen molar-refractivity contribution in [3.63, 3.8) is 0 Å². The molecule has 0 saturated heterocycles. The summed E-state index contributed by atoms with van der Waals surface area (Å²) in [6.07, 6.45) is 0.406. The molecule has 3 aromatic rings. The number of likely N-dealkylation sites (N-methyl/N-ethyl adjacent to an activating group) is 1. The van der Waals surface area contributed by atoms with Crippen LogP contribution in [0.2, 0.25) is 0 Å². The number of fused-ring (bicyclic) bond motifs is 1. The lowest BCUT2D eigenvalue weighted by atomic mass is 10.2. The molecule has 0 aliphatic carbocycles. The van der Waals surface area contributed by atoms with Gasteiger partial charge in [-0.2, -0.15) is 0 Å². The number of aromatic nitrogens is 2. The van der Waals surface area contributed by atoms with Gasteiger partial charge >= 0.3 is 0 Å². The predicted molar refractivity (Wildman–Crippen MR) is 109 cm³/mol. The van der Waals surface area contributed by atoms with Gasteiger partial charge in [-0.25, -0.2) is 4.98 Å². The van der Waals surface area contributed by atoms with E-state index in [-0.39, 0.29) is 24.4 Å². The van der Waals surface area contributed by atoms with E-state index in [2.05, 4.69) is 10.3 Å². The molecule has 146 valence electrons. The van der Waals surface area contributed by atoms with Crippen LogP contribution in [0.3, 0.4) is 0 Å². The summed E-state index contributed by atoms with van der Waals surface area (Å²) < 4.78 is 1.90. The van der Waals surface area contributed by atoms with Gasteiger partial charge in [-0.1, -0.05) is 49.4 Å². The first-order valence-corrected chi connectivity index (χ1v) is 9.52. The minimum atomic E-state index is -0.285. The Morgan fingerprint density at radius 1 is 1.11 bits per heavy atom. The molecule has 0 aliphatic rings. The van der Waals surface area contributed by atoms with Crippen molar-refractivity contribution < 1.29 is 9.59 Å². The van der Waals surface area contributed by atoms with Crippen molar-refractivity contribution in [2.75, 3.05) is 7.05 Å². The molecule has 0 radical (unpaired) electrons. The molecular weight excluding hydrogens is 352 g/mol. The largest absolute Gasteiger partial charge is 0.346 e. The van der Waals surface area contributed by atoms with Gasteiger partial charge in [0.25, 0.3) is 0 Å². The van der Waals surface area contributed by atoms with E-state index in [1.165, 1.54) is 0 Å². The molecule has 1 aromatic heterocycles. The molecule has 6 nitrogen and oxygen atoms in total. The smallest absolute Gasteiger partial charge is 0.242 e. The fourth-order valence-corrected chi connectivity index (χ4v) is 3.20. The number of rotatable bonds is 7. The molecule has 0 spiro atoms. The van der Waals surface area contributed by atoms with E-state index >= 15 is 0 Å². The summed E-state index contributed by atoms with van der Waals surface area (Å²) in [5.74, 6) is 0.630. The van der Waals surface area contributed by atoms with E-state index in [0.29, 0.717) is 18.8 Å². The van der Waals surface area contributed by atoms with Gasteiger partial charge in [-0.05, 0) is 24.6 Å². The van der Waals surface area contributed by atoms with Crippen molar-refractivity contribution in [2.45, 2.75) is 39.4 Å². The summed E-state index contributed by atoms with van der Waals surface area (Å²) in [4.78, 5) is 31.1. The van der Waals surface area contributed by atoms with Crippen LogP contribution < -0.4 is 5.32 Å². The Balaban J connectivity index is 1.85. The maximum atomic E-state index is 12.9. The quantitative estimate of drug-likeness (QED) is 0.686. The van der Waals surface area contributed by atoms with Crippen molar-refractivity contribution in [1.29, 1.82) is 0 Å². The highest BCUT2D eigenvalue weighted by atomic mass is 16.2. The lowest BCUT2D eigenvalue weighted by Gasteiger charge is -2.20. The van der Waals surface area contributed by atoms with Gasteiger partial charge in [0.05, 0.1) is 17.1 Å².